The number of anilines is 1. The van der Waals surface area contributed by atoms with Crippen molar-refractivity contribution in [3.8, 4) is 6.07 Å². The van der Waals surface area contributed by atoms with E-state index in [0.29, 0.717) is 0 Å². The van der Waals surface area contributed by atoms with Crippen LogP contribution in [0.3, 0.4) is 0 Å². The minimum absolute atomic E-state index is 0.0161. The zero-order chi connectivity index (χ0) is 14.9. The van der Waals surface area contributed by atoms with Crippen molar-refractivity contribution in [3.63, 3.8) is 0 Å². The summed E-state index contributed by atoms with van der Waals surface area (Å²) in [5, 5.41) is 15.7. The summed E-state index contributed by atoms with van der Waals surface area (Å²) in [6.07, 6.45) is 0. The minimum atomic E-state index is -4.06. The Balaban J connectivity index is 2.50. The van der Waals surface area contributed by atoms with Crippen LogP contribution in [0.15, 0.2) is 27.8 Å². The van der Waals surface area contributed by atoms with Crippen LogP contribution in [-0.4, -0.2) is 23.4 Å². The molecule has 0 radical (unpaired) electrons. The Labute approximate surface area is 122 Å². The van der Waals surface area contributed by atoms with Crippen molar-refractivity contribution in [3.05, 3.63) is 34.2 Å². The number of hydrogen-bond donors (Lipinski definition) is 1. The molecule has 2 aromatic rings. The monoisotopic (exact) mass is 359 g/mol. The lowest BCUT2D eigenvalue weighted by atomic mass is 10.2. The van der Waals surface area contributed by atoms with Crippen LogP contribution in [0.1, 0.15) is 5.56 Å². The van der Waals surface area contributed by atoms with Crippen LogP contribution in [0, 0.1) is 17.1 Å². The number of nitrogens with one attached hydrogen (secondary N) is 1. The molecule has 0 fully saturated rings. The molecule has 0 saturated heterocycles. The molecule has 2 rings (SSSR count). The first kappa shape index (κ1) is 14.4. The molecular weight excluding hydrogens is 353 g/mol. The van der Waals surface area contributed by atoms with Gasteiger partial charge in [-0.3, -0.25) is 4.72 Å². The van der Waals surface area contributed by atoms with Gasteiger partial charge in [-0.2, -0.15) is 13.7 Å². The second-order valence-corrected chi connectivity index (χ2v) is 6.04. The van der Waals surface area contributed by atoms with Gasteiger partial charge in [0.25, 0.3) is 10.0 Å². The standard InChI is InChI=1S/C10H7BrFN5O2S/c1-17-10(9(11)14-16-17)20(18,19)15-8-4-2-3-7(12)6(8)5-13/h2-4,15H,1H3. The highest BCUT2D eigenvalue weighted by molar-refractivity contribution is 9.10. The van der Waals surface area contributed by atoms with Crippen molar-refractivity contribution in [2.45, 2.75) is 5.03 Å². The quantitative estimate of drug-likeness (QED) is 0.892. The molecule has 0 aliphatic heterocycles. The van der Waals surface area contributed by atoms with Crippen molar-refractivity contribution in [1.82, 2.24) is 15.0 Å². The number of benzene rings is 1. The van der Waals surface area contributed by atoms with Gasteiger partial charge in [0.1, 0.15) is 17.4 Å². The van der Waals surface area contributed by atoms with Crippen molar-refractivity contribution >= 4 is 31.6 Å². The molecule has 1 N–H and O–H groups in total. The predicted octanol–water partition coefficient (Wildman–Crippen LogP) is 1.39. The topological polar surface area (TPSA) is 101 Å². The maximum absolute atomic E-state index is 13.4. The average molecular weight is 360 g/mol. The molecule has 1 heterocycles. The van der Waals surface area contributed by atoms with Crippen molar-refractivity contribution < 1.29 is 12.8 Å². The third-order valence-corrected chi connectivity index (χ3v) is 4.61. The average Bonchev–Trinajstić information content (AvgIpc) is 2.69. The summed E-state index contributed by atoms with van der Waals surface area (Å²) in [5.74, 6) is -0.810. The molecule has 0 unspecified atom stereocenters. The SMILES string of the molecule is Cn1nnc(Br)c1S(=O)(=O)Nc1cccc(F)c1C#N. The van der Waals surface area contributed by atoms with Gasteiger partial charge in [-0.05, 0) is 28.1 Å². The van der Waals surface area contributed by atoms with E-state index in [-0.39, 0.29) is 20.9 Å². The third kappa shape index (κ3) is 2.50. The smallest absolute Gasteiger partial charge is 0.277 e. The van der Waals surface area contributed by atoms with E-state index >= 15 is 0 Å². The number of halogens is 2. The van der Waals surface area contributed by atoms with E-state index in [0.717, 1.165) is 10.7 Å². The van der Waals surface area contributed by atoms with Crippen molar-refractivity contribution in [2.75, 3.05) is 4.72 Å². The molecule has 20 heavy (non-hydrogen) atoms. The van der Waals surface area contributed by atoms with E-state index in [1.807, 2.05) is 0 Å². The number of hydrogen-bond acceptors (Lipinski definition) is 5. The normalized spacial score (nSPS) is 11.1. The van der Waals surface area contributed by atoms with E-state index in [9.17, 15) is 12.8 Å². The second kappa shape index (κ2) is 5.18. The van der Waals surface area contributed by atoms with Gasteiger partial charge in [-0.15, -0.1) is 5.10 Å². The first-order valence-corrected chi connectivity index (χ1v) is 7.41. The Hall–Kier alpha value is -1.99. The summed E-state index contributed by atoms with van der Waals surface area (Å²) in [6.45, 7) is 0. The molecule has 0 atom stereocenters. The molecular formula is C10H7BrFN5O2S. The largest absolute Gasteiger partial charge is 0.281 e. The maximum atomic E-state index is 13.4. The van der Waals surface area contributed by atoms with Gasteiger partial charge in [0.05, 0.1) is 5.69 Å². The third-order valence-electron chi connectivity index (χ3n) is 2.36. The summed E-state index contributed by atoms with van der Waals surface area (Å²) in [6, 6.07) is 5.26. The molecule has 0 aliphatic carbocycles. The Morgan fingerprint density at radius 3 is 2.75 bits per heavy atom. The molecule has 7 nitrogen and oxygen atoms in total. The molecule has 104 valence electrons. The minimum Gasteiger partial charge on any atom is -0.277 e. The molecule has 1 aromatic carbocycles. The van der Waals surface area contributed by atoms with Crippen molar-refractivity contribution in [1.29, 1.82) is 5.26 Å². The Bertz CT molecular complexity index is 792. The number of rotatable bonds is 3. The summed E-state index contributed by atoms with van der Waals surface area (Å²) in [4.78, 5) is 0. The van der Waals surface area contributed by atoms with Crippen LogP contribution in [0.4, 0.5) is 10.1 Å². The molecule has 1 aromatic heterocycles. The Kier molecular flexibility index (Phi) is 3.74. The fourth-order valence-corrected chi connectivity index (χ4v) is 3.69. The molecule has 0 saturated carbocycles. The van der Waals surface area contributed by atoms with Crippen LogP contribution >= 0.6 is 15.9 Å². The Morgan fingerprint density at radius 2 is 2.20 bits per heavy atom. The number of aromatic nitrogens is 3. The van der Waals surface area contributed by atoms with Gasteiger partial charge in [0.2, 0.25) is 5.03 Å². The first-order valence-electron chi connectivity index (χ1n) is 5.13. The fourth-order valence-electron chi connectivity index (χ4n) is 1.52. The van der Waals surface area contributed by atoms with E-state index in [2.05, 4.69) is 31.0 Å². The lowest BCUT2D eigenvalue weighted by Crippen LogP contribution is -2.18. The summed E-state index contributed by atoms with van der Waals surface area (Å²) >= 11 is 2.96. The number of nitriles is 1. The van der Waals surface area contributed by atoms with Gasteiger partial charge in [0, 0.05) is 7.05 Å². The first-order chi connectivity index (χ1) is 9.36. The van der Waals surface area contributed by atoms with E-state index in [1.165, 1.54) is 19.2 Å². The summed E-state index contributed by atoms with van der Waals surface area (Å²) in [7, 11) is -2.67. The summed E-state index contributed by atoms with van der Waals surface area (Å²) < 4.78 is 41.0. The van der Waals surface area contributed by atoms with Crippen LogP contribution in [-0.2, 0) is 17.1 Å². The van der Waals surface area contributed by atoms with Crippen LogP contribution in [0.25, 0.3) is 0 Å². The van der Waals surface area contributed by atoms with Gasteiger partial charge in [0.15, 0.2) is 4.60 Å². The highest BCUT2D eigenvalue weighted by Gasteiger charge is 2.25. The predicted molar refractivity (Wildman–Crippen MR) is 70.6 cm³/mol. The summed E-state index contributed by atoms with van der Waals surface area (Å²) in [5.41, 5.74) is -0.539. The molecule has 0 aliphatic rings. The number of sulfonamides is 1. The zero-order valence-electron chi connectivity index (χ0n) is 10.0. The van der Waals surface area contributed by atoms with Crippen LogP contribution in [0.2, 0.25) is 0 Å². The van der Waals surface area contributed by atoms with E-state index < -0.39 is 15.8 Å². The van der Waals surface area contributed by atoms with Gasteiger partial charge in [-0.25, -0.2) is 9.07 Å². The van der Waals surface area contributed by atoms with Crippen LogP contribution in [0.5, 0.6) is 0 Å². The second-order valence-electron chi connectivity index (χ2n) is 3.69. The zero-order valence-corrected chi connectivity index (χ0v) is 12.4. The molecule has 10 heteroatoms. The number of aryl methyl sites for hydroxylation is 1. The highest BCUT2D eigenvalue weighted by Crippen LogP contribution is 2.24. The molecule has 0 spiro atoms. The lowest BCUT2D eigenvalue weighted by Gasteiger charge is -2.09. The Morgan fingerprint density at radius 1 is 1.50 bits per heavy atom. The van der Waals surface area contributed by atoms with Gasteiger partial charge in [-0.1, -0.05) is 11.3 Å². The van der Waals surface area contributed by atoms with Crippen LogP contribution < -0.4 is 4.72 Å². The van der Waals surface area contributed by atoms with Gasteiger partial charge < -0.3 is 0 Å². The van der Waals surface area contributed by atoms with Gasteiger partial charge >= 0.3 is 0 Å². The van der Waals surface area contributed by atoms with Crippen molar-refractivity contribution in [2.24, 2.45) is 7.05 Å². The van der Waals surface area contributed by atoms with E-state index in [4.69, 9.17) is 5.26 Å². The van der Waals surface area contributed by atoms with E-state index in [1.54, 1.807) is 6.07 Å². The fraction of sp³-hybridized carbons (Fsp3) is 0.100. The lowest BCUT2D eigenvalue weighted by molar-refractivity contribution is 0.578. The highest BCUT2D eigenvalue weighted by atomic mass is 79.9. The number of nitrogens with zero attached hydrogens (tertiary/aromatic N) is 4. The molecule has 0 amide bonds. The maximum Gasteiger partial charge on any atom is 0.281 e. The molecule has 0 bridgehead atoms.